The first-order chi connectivity index (χ1) is 4.77. The fourth-order valence-electron chi connectivity index (χ4n) is 1.48. The number of carbonyl (C=O) groups excluding carboxylic acids is 1. The molecular formula is C8H14O2. The molecular weight excluding hydrogens is 128 g/mol. The maximum absolute atomic E-state index is 10.8. The molecule has 0 aromatic carbocycles. The van der Waals surface area contributed by atoms with E-state index in [0.717, 1.165) is 12.8 Å². The maximum Gasteiger partial charge on any atom is 0.306 e. The first-order valence-electron chi connectivity index (χ1n) is 3.97. The Morgan fingerprint density at radius 1 is 1.50 bits per heavy atom. The molecule has 0 aromatic heterocycles. The van der Waals surface area contributed by atoms with E-state index >= 15 is 0 Å². The van der Waals surface area contributed by atoms with Gasteiger partial charge in [0.2, 0.25) is 0 Å². The minimum atomic E-state index is -0.0151. The van der Waals surface area contributed by atoms with Gasteiger partial charge in [0.1, 0.15) is 6.10 Å². The predicted molar refractivity (Wildman–Crippen MR) is 38.6 cm³/mol. The second kappa shape index (κ2) is 3.04. The van der Waals surface area contributed by atoms with Crippen LogP contribution in [0.25, 0.3) is 0 Å². The van der Waals surface area contributed by atoms with E-state index in [4.69, 9.17) is 4.74 Å². The van der Waals surface area contributed by atoms with Gasteiger partial charge in [0, 0.05) is 5.92 Å². The van der Waals surface area contributed by atoms with E-state index in [9.17, 15) is 4.79 Å². The van der Waals surface area contributed by atoms with E-state index in [1.54, 1.807) is 0 Å². The largest absolute Gasteiger partial charge is 0.462 e. The van der Waals surface area contributed by atoms with Crippen molar-refractivity contribution in [3.05, 3.63) is 0 Å². The van der Waals surface area contributed by atoms with Crippen LogP contribution < -0.4 is 0 Å². The fourth-order valence-corrected chi connectivity index (χ4v) is 1.48. The normalized spacial score (nSPS) is 32.4. The Bertz CT molecular complexity index is 117. The van der Waals surface area contributed by atoms with Crippen molar-refractivity contribution < 1.29 is 9.53 Å². The van der Waals surface area contributed by atoms with Gasteiger partial charge in [0.25, 0.3) is 0 Å². The summed E-state index contributed by atoms with van der Waals surface area (Å²) in [6.45, 7) is 4.17. The number of cyclic esters (lactones) is 1. The second-order valence-corrected chi connectivity index (χ2v) is 2.81. The third-order valence-corrected chi connectivity index (χ3v) is 2.16. The van der Waals surface area contributed by atoms with Crippen LogP contribution in [-0.4, -0.2) is 12.1 Å². The SMILES string of the molecule is CCC1CC(=O)OC1CC. The Morgan fingerprint density at radius 3 is 2.60 bits per heavy atom. The Morgan fingerprint density at radius 2 is 2.20 bits per heavy atom. The lowest BCUT2D eigenvalue weighted by atomic mass is 9.97. The van der Waals surface area contributed by atoms with Crippen LogP contribution in [-0.2, 0) is 9.53 Å². The first kappa shape index (κ1) is 7.58. The number of ether oxygens (including phenoxy) is 1. The molecule has 2 nitrogen and oxygen atoms in total. The topological polar surface area (TPSA) is 26.3 Å². The van der Waals surface area contributed by atoms with Gasteiger partial charge in [-0.1, -0.05) is 13.8 Å². The van der Waals surface area contributed by atoms with Gasteiger partial charge in [-0.2, -0.15) is 0 Å². The third kappa shape index (κ3) is 1.31. The molecule has 0 saturated carbocycles. The van der Waals surface area contributed by atoms with Crippen molar-refractivity contribution in [2.75, 3.05) is 0 Å². The summed E-state index contributed by atoms with van der Waals surface area (Å²) in [7, 11) is 0. The smallest absolute Gasteiger partial charge is 0.306 e. The average molecular weight is 142 g/mol. The van der Waals surface area contributed by atoms with Crippen LogP contribution in [0.3, 0.4) is 0 Å². The zero-order valence-electron chi connectivity index (χ0n) is 6.59. The molecule has 1 aliphatic heterocycles. The molecule has 58 valence electrons. The Hall–Kier alpha value is -0.530. The standard InChI is InChI=1S/C8H14O2/c1-3-6-5-8(9)10-7(6)4-2/h6-7H,3-5H2,1-2H3. The molecule has 2 heteroatoms. The van der Waals surface area contributed by atoms with Gasteiger partial charge in [0.05, 0.1) is 6.42 Å². The molecule has 1 heterocycles. The molecule has 2 unspecified atom stereocenters. The van der Waals surface area contributed by atoms with Crippen LogP contribution in [0, 0.1) is 5.92 Å². The lowest BCUT2D eigenvalue weighted by Gasteiger charge is -2.12. The minimum Gasteiger partial charge on any atom is -0.462 e. The summed E-state index contributed by atoms with van der Waals surface area (Å²) in [6.07, 6.45) is 2.86. The number of carbonyl (C=O) groups is 1. The monoisotopic (exact) mass is 142 g/mol. The summed E-state index contributed by atoms with van der Waals surface area (Å²) >= 11 is 0. The van der Waals surface area contributed by atoms with Crippen molar-refractivity contribution in [2.45, 2.75) is 39.2 Å². The first-order valence-corrected chi connectivity index (χ1v) is 3.97. The second-order valence-electron chi connectivity index (χ2n) is 2.81. The molecule has 0 aliphatic carbocycles. The van der Waals surface area contributed by atoms with Crippen molar-refractivity contribution in [1.82, 2.24) is 0 Å². The summed E-state index contributed by atoms with van der Waals surface area (Å²) in [6, 6.07) is 0. The van der Waals surface area contributed by atoms with E-state index in [0.29, 0.717) is 12.3 Å². The summed E-state index contributed by atoms with van der Waals surface area (Å²) in [5.74, 6) is 0.469. The van der Waals surface area contributed by atoms with Crippen LogP contribution >= 0.6 is 0 Å². The van der Waals surface area contributed by atoms with Gasteiger partial charge in [-0.05, 0) is 12.8 Å². The molecule has 0 spiro atoms. The molecule has 1 saturated heterocycles. The van der Waals surface area contributed by atoms with E-state index in [2.05, 4.69) is 13.8 Å². The predicted octanol–water partition coefficient (Wildman–Crippen LogP) is 1.74. The zero-order valence-corrected chi connectivity index (χ0v) is 6.59. The van der Waals surface area contributed by atoms with Crippen LogP contribution in [0.4, 0.5) is 0 Å². The highest BCUT2D eigenvalue weighted by molar-refractivity contribution is 5.72. The van der Waals surface area contributed by atoms with Crippen LogP contribution in [0.5, 0.6) is 0 Å². The number of rotatable bonds is 2. The molecule has 10 heavy (non-hydrogen) atoms. The molecule has 0 aromatic rings. The van der Waals surface area contributed by atoms with Crippen LogP contribution in [0.15, 0.2) is 0 Å². The fraction of sp³-hybridized carbons (Fsp3) is 0.875. The summed E-state index contributed by atoms with van der Waals surface area (Å²) < 4.78 is 5.08. The minimum absolute atomic E-state index is 0.0151. The van der Waals surface area contributed by atoms with Crippen molar-refractivity contribution >= 4 is 5.97 Å². The zero-order chi connectivity index (χ0) is 7.56. The number of hydrogen-bond donors (Lipinski definition) is 0. The molecule has 0 N–H and O–H groups in total. The van der Waals surface area contributed by atoms with Crippen LogP contribution in [0.2, 0.25) is 0 Å². The van der Waals surface area contributed by atoms with E-state index in [1.807, 2.05) is 0 Å². The number of esters is 1. The molecule has 0 bridgehead atoms. The molecule has 2 atom stereocenters. The van der Waals surface area contributed by atoms with Crippen molar-refractivity contribution in [2.24, 2.45) is 5.92 Å². The molecule has 1 fully saturated rings. The lowest BCUT2D eigenvalue weighted by Crippen LogP contribution is -2.13. The van der Waals surface area contributed by atoms with Gasteiger partial charge in [-0.3, -0.25) is 4.79 Å². The van der Waals surface area contributed by atoms with E-state index in [-0.39, 0.29) is 12.1 Å². The summed E-state index contributed by atoms with van der Waals surface area (Å²) in [5, 5.41) is 0. The van der Waals surface area contributed by atoms with Gasteiger partial charge < -0.3 is 4.74 Å². The quantitative estimate of drug-likeness (QED) is 0.549. The van der Waals surface area contributed by atoms with E-state index in [1.165, 1.54) is 0 Å². The highest BCUT2D eigenvalue weighted by Gasteiger charge is 2.31. The summed E-state index contributed by atoms with van der Waals surface area (Å²) in [4.78, 5) is 10.8. The number of hydrogen-bond acceptors (Lipinski definition) is 2. The Labute approximate surface area is 61.6 Å². The molecule has 1 rings (SSSR count). The molecule has 0 radical (unpaired) electrons. The maximum atomic E-state index is 10.8. The summed E-state index contributed by atoms with van der Waals surface area (Å²) in [5.41, 5.74) is 0. The van der Waals surface area contributed by atoms with Crippen LogP contribution in [0.1, 0.15) is 33.1 Å². The van der Waals surface area contributed by atoms with Gasteiger partial charge in [-0.15, -0.1) is 0 Å². The van der Waals surface area contributed by atoms with Gasteiger partial charge >= 0.3 is 5.97 Å². The van der Waals surface area contributed by atoms with Gasteiger partial charge in [-0.25, -0.2) is 0 Å². The lowest BCUT2D eigenvalue weighted by molar-refractivity contribution is -0.141. The highest BCUT2D eigenvalue weighted by Crippen LogP contribution is 2.26. The third-order valence-electron chi connectivity index (χ3n) is 2.16. The van der Waals surface area contributed by atoms with Gasteiger partial charge in [0.15, 0.2) is 0 Å². The Kier molecular flexibility index (Phi) is 2.30. The molecule has 1 aliphatic rings. The Balaban J connectivity index is 2.48. The molecule has 0 amide bonds. The van der Waals surface area contributed by atoms with Crippen molar-refractivity contribution in [1.29, 1.82) is 0 Å². The highest BCUT2D eigenvalue weighted by atomic mass is 16.5. The van der Waals surface area contributed by atoms with E-state index < -0.39 is 0 Å². The average Bonchev–Trinajstić information content (AvgIpc) is 2.30. The van der Waals surface area contributed by atoms with Crippen molar-refractivity contribution in [3.8, 4) is 0 Å². The van der Waals surface area contributed by atoms with Crippen molar-refractivity contribution in [3.63, 3.8) is 0 Å².